The van der Waals surface area contributed by atoms with Gasteiger partial charge in [0.25, 0.3) is 5.91 Å². The van der Waals surface area contributed by atoms with Gasteiger partial charge < -0.3 is 4.74 Å². The Morgan fingerprint density at radius 2 is 1.83 bits per heavy atom. The van der Waals surface area contributed by atoms with E-state index in [-0.39, 0.29) is 11.9 Å². The highest BCUT2D eigenvalue weighted by Gasteiger charge is 2.21. The van der Waals surface area contributed by atoms with E-state index >= 15 is 0 Å². The highest BCUT2D eigenvalue weighted by Crippen LogP contribution is 2.28. The Morgan fingerprint density at radius 3 is 2.52 bits per heavy atom. The maximum atomic E-state index is 12.7. The first-order chi connectivity index (χ1) is 11.2. The van der Waals surface area contributed by atoms with Crippen LogP contribution in [0.5, 0.6) is 6.01 Å². The third kappa shape index (κ3) is 3.10. The molecular weight excluding hydrogens is 314 g/mol. The van der Waals surface area contributed by atoms with Gasteiger partial charge in [0, 0.05) is 11.1 Å². The normalized spacial score (nSPS) is 10.5. The number of hydrogen-bond acceptors (Lipinski definition) is 4. The van der Waals surface area contributed by atoms with E-state index in [9.17, 15) is 4.79 Å². The Labute approximate surface area is 138 Å². The summed E-state index contributed by atoms with van der Waals surface area (Å²) in [5.41, 5.74) is 1.13. The van der Waals surface area contributed by atoms with Crippen molar-refractivity contribution < 1.29 is 9.53 Å². The number of benzene rings is 2. The van der Waals surface area contributed by atoms with Crippen molar-refractivity contribution in [2.75, 3.05) is 6.61 Å². The summed E-state index contributed by atoms with van der Waals surface area (Å²) in [6.45, 7) is 2.24. The largest absolute Gasteiger partial charge is 0.463 e. The lowest BCUT2D eigenvalue weighted by Gasteiger charge is -2.05. The fourth-order valence-electron chi connectivity index (χ4n) is 2.14. The summed E-state index contributed by atoms with van der Waals surface area (Å²) in [5, 5.41) is 4.66. The SMILES string of the molecule is CCOc1nc(-c2ccccc2Cl)n(C(=O)c2ccccc2)n1. The molecule has 5 nitrogen and oxygen atoms in total. The van der Waals surface area contributed by atoms with Crippen LogP contribution in [-0.2, 0) is 0 Å². The molecule has 3 rings (SSSR count). The molecule has 0 spiro atoms. The van der Waals surface area contributed by atoms with Gasteiger partial charge in [-0.15, -0.1) is 5.10 Å². The second kappa shape index (κ2) is 6.62. The van der Waals surface area contributed by atoms with Crippen LogP contribution >= 0.6 is 11.6 Å². The molecule has 116 valence electrons. The van der Waals surface area contributed by atoms with Crippen LogP contribution in [0.1, 0.15) is 17.3 Å². The van der Waals surface area contributed by atoms with Crippen LogP contribution in [0.15, 0.2) is 54.6 Å². The van der Waals surface area contributed by atoms with Gasteiger partial charge in [0.05, 0.1) is 11.6 Å². The van der Waals surface area contributed by atoms with E-state index in [0.29, 0.717) is 28.6 Å². The van der Waals surface area contributed by atoms with Crippen molar-refractivity contribution in [1.82, 2.24) is 14.8 Å². The first-order valence-corrected chi connectivity index (χ1v) is 7.53. The molecule has 0 bridgehead atoms. The minimum Gasteiger partial charge on any atom is -0.463 e. The van der Waals surface area contributed by atoms with E-state index in [1.807, 2.05) is 25.1 Å². The minimum atomic E-state index is -0.293. The van der Waals surface area contributed by atoms with Gasteiger partial charge >= 0.3 is 6.01 Å². The van der Waals surface area contributed by atoms with Crippen molar-refractivity contribution in [1.29, 1.82) is 0 Å². The topological polar surface area (TPSA) is 57.0 Å². The maximum absolute atomic E-state index is 12.7. The Balaban J connectivity index is 2.12. The van der Waals surface area contributed by atoms with Gasteiger partial charge in [-0.2, -0.15) is 9.67 Å². The van der Waals surface area contributed by atoms with Crippen LogP contribution < -0.4 is 4.74 Å². The Hall–Kier alpha value is -2.66. The van der Waals surface area contributed by atoms with Crippen LogP contribution in [0, 0.1) is 0 Å². The average Bonchev–Trinajstić information content (AvgIpc) is 2.99. The lowest BCUT2D eigenvalue weighted by molar-refractivity contribution is 0.0945. The van der Waals surface area contributed by atoms with Crippen LogP contribution in [0.2, 0.25) is 5.02 Å². The lowest BCUT2D eigenvalue weighted by Crippen LogP contribution is -2.15. The number of hydrogen-bond donors (Lipinski definition) is 0. The third-order valence-electron chi connectivity index (χ3n) is 3.19. The first-order valence-electron chi connectivity index (χ1n) is 7.15. The minimum absolute atomic E-state index is 0.145. The van der Waals surface area contributed by atoms with Gasteiger partial charge in [-0.05, 0) is 31.2 Å². The maximum Gasteiger partial charge on any atom is 0.336 e. The fourth-order valence-corrected chi connectivity index (χ4v) is 2.37. The van der Waals surface area contributed by atoms with Crippen molar-refractivity contribution in [3.8, 4) is 17.4 Å². The molecule has 1 heterocycles. The molecule has 23 heavy (non-hydrogen) atoms. The monoisotopic (exact) mass is 327 g/mol. The molecule has 6 heteroatoms. The van der Waals surface area contributed by atoms with E-state index in [2.05, 4.69) is 10.1 Å². The molecule has 0 aliphatic carbocycles. The summed E-state index contributed by atoms with van der Waals surface area (Å²) in [4.78, 5) is 17.0. The number of aromatic nitrogens is 3. The van der Waals surface area contributed by atoms with E-state index < -0.39 is 0 Å². The quantitative estimate of drug-likeness (QED) is 0.733. The molecule has 0 unspecified atom stereocenters. The smallest absolute Gasteiger partial charge is 0.336 e. The van der Waals surface area contributed by atoms with E-state index in [0.717, 1.165) is 0 Å². The zero-order chi connectivity index (χ0) is 16.2. The summed E-state index contributed by atoms with van der Waals surface area (Å²) in [6.07, 6.45) is 0. The number of halogens is 1. The zero-order valence-electron chi connectivity index (χ0n) is 12.4. The van der Waals surface area contributed by atoms with E-state index in [1.54, 1.807) is 36.4 Å². The molecule has 0 aliphatic heterocycles. The molecule has 1 aromatic heterocycles. The van der Waals surface area contributed by atoms with Crippen molar-refractivity contribution in [3.05, 3.63) is 65.2 Å². The Kier molecular flexibility index (Phi) is 4.39. The summed E-state index contributed by atoms with van der Waals surface area (Å²) in [7, 11) is 0. The first kappa shape index (κ1) is 15.2. The van der Waals surface area contributed by atoms with Crippen LogP contribution in [0.3, 0.4) is 0 Å². The van der Waals surface area contributed by atoms with Crippen molar-refractivity contribution >= 4 is 17.5 Å². The van der Waals surface area contributed by atoms with Crippen molar-refractivity contribution in [3.63, 3.8) is 0 Å². The van der Waals surface area contributed by atoms with Gasteiger partial charge in [0.15, 0.2) is 5.82 Å². The standard InChI is InChI=1S/C17H14ClN3O2/c1-2-23-17-19-15(13-10-6-7-11-14(13)18)21(20-17)16(22)12-8-4-3-5-9-12/h3-11H,2H2,1H3. The Bertz CT molecular complexity index is 831. The summed E-state index contributed by atoms with van der Waals surface area (Å²) >= 11 is 6.23. The molecule has 3 aromatic rings. The predicted molar refractivity (Wildman–Crippen MR) is 87.8 cm³/mol. The number of nitrogens with zero attached hydrogens (tertiary/aromatic N) is 3. The van der Waals surface area contributed by atoms with Gasteiger partial charge in [-0.25, -0.2) is 0 Å². The third-order valence-corrected chi connectivity index (χ3v) is 3.52. The molecule has 0 fully saturated rings. The molecular formula is C17H14ClN3O2. The van der Waals surface area contributed by atoms with Gasteiger partial charge in [-0.3, -0.25) is 4.79 Å². The van der Waals surface area contributed by atoms with Crippen LogP contribution in [-0.4, -0.2) is 27.3 Å². The zero-order valence-corrected chi connectivity index (χ0v) is 13.2. The summed E-state index contributed by atoms with van der Waals surface area (Å²) in [5.74, 6) is 0.0619. The number of carbonyl (C=O) groups excluding carboxylic acids is 1. The number of rotatable bonds is 4. The molecule has 0 atom stereocenters. The number of carbonyl (C=O) groups is 1. The van der Waals surface area contributed by atoms with Gasteiger partial charge in [-0.1, -0.05) is 41.9 Å². The molecule has 0 amide bonds. The van der Waals surface area contributed by atoms with Crippen molar-refractivity contribution in [2.45, 2.75) is 6.92 Å². The molecule has 0 saturated carbocycles. The fraction of sp³-hybridized carbons (Fsp3) is 0.118. The highest BCUT2D eigenvalue weighted by molar-refractivity contribution is 6.33. The average molecular weight is 328 g/mol. The molecule has 0 radical (unpaired) electrons. The molecule has 0 saturated heterocycles. The van der Waals surface area contributed by atoms with Crippen molar-refractivity contribution in [2.24, 2.45) is 0 Å². The van der Waals surface area contributed by atoms with Gasteiger partial charge in [0.2, 0.25) is 0 Å². The molecule has 2 aromatic carbocycles. The second-order valence-corrected chi connectivity index (χ2v) is 5.12. The lowest BCUT2D eigenvalue weighted by atomic mass is 10.2. The second-order valence-electron chi connectivity index (χ2n) is 4.71. The van der Waals surface area contributed by atoms with Crippen LogP contribution in [0.4, 0.5) is 0 Å². The summed E-state index contributed by atoms with van der Waals surface area (Å²) in [6, 6.07) is 16.2. The summed E-state index contributed by atoms with van der Waals surface area (Å²) < 4.78 is 6.56. The Morgan fingerprint density at radius 1 is 1.13 bits per heavy atom. The molecule has 0 aliphatic rings. The molecule has 0 N–H and O–H groups in total. The van der Waals surface area contributed by atoms with Gasteiger partial charge in [0.1, 0.15) is 0 Å². The predicted octanol–water partition coefficient (Wildman–Crippen LogP) is 3.69. The highest BCUT2D eigenvalue weighted by atomic mass is 35.5. The van der Waals surface area contributed by atoms with E-state index in [1.165, 1.54) is 4.68 Å². The van der Waals surface area contributed by atoms with Crippen LogP contribution in [0.25, 0.3) is 11.4 Å². The van der Waals surface area contributed by atoms with E-state index in [4.69, 9.17) is 16.3 Å². The number of ether oxygens (including phenoxy) is 1.